The van der Waals surface area contributed by atoms with Gasteiger partial charge in [0, 0.05) is 11.4 Å². The number of H-pyrrole nitrogens is 1. The van der Waals surface area contributed by atoms with Crippen molar-refractivity contribution in [3.8, 4) is 0 Å². The summed E-state index contributed by atoms with van der Waals surface area (Å²) < 4.78 is 0. The number of para-hydroxylation sites is 1. The summed E-state index contributed by atoms with van der Waals surface area (Å²) in [7, 11) is 0. The Hall–Kier alpha value is -1.84. The van der Waals surface area contributed by atoms with Gasteiger partial charge in [0.2, 0.25) is 0 Å². The molecular formula is C11H11N3O. The predicted molar refractivity (Wildman–Crippen MR) is 56.6 cm³/mol. The Balaban J connectivity index is 2.01. The maximum atomic E-state index is 11.8. The van der Waals surface area contributed by atoms with Crippen molar-refractivity contribution < 1.29 is 4.79 Å². The largest absolute Gasteiger partial charge is 0.349 e. The normalized spacial score (nSPS) is 15.5. The number of amides is 1. The predicted octanol–water partition coefficient (Wildman–Crippen LogP) is 1.46. The monoisotopic (exact) mass is 201 g/mol. The molecule has 4 heteroatoms. The van der Waals surface area contributed by atoms with Crippen LogP contribution < -0.4 is 5.32 Å². The van der Waals surface area contributed by atoms with Crippen LogP contribution >= 0.6 is 0 Å². The van der Waals surface area contributed by atoms with E-state index in [0.717, 1.165) is 23.7 Å². The van der Waals surface area contributed by atoms with Crippen LogP contribution in [0, 0.1) is 0 Å². The molecule has 15 heavy (non-hydrogen) atoms. The smallest absolute Gasteiger partial charge is 0.253 e. The molecule has 0 aliphatic heterocycles. The number of hydrogen-bond donors (Lipinski definition) is 2. The zero-order chi connectivity index (χ0) is 10.3. The van der Waals surface area contributed by atoms with Crippen LogP contribution in [0.2, 0.25) is 0 Å². The summed E-state index contributed by atoms with van der Waals surface area (Å²) in [6, 6.07) is 6.01. The Morgan fingerprint density at radius 1 is 1.47 bits per heavy atom. The van der Waals surface area contributed by atoms with Crippen molar-refractivity contribution >= 4 is 16.8 Å². The molecule has 1 heterocycles. The van der Waals surface area contributed by atoms with Crippen LogP contribution in [0.1, 0.15) is 23.2 Å². The van der Waals surface area contributed by atoms with Crippen LogP contribution in [-0.2, 0) is 0 Å². The first-order valence-electron chi connectivity index (χ1n) is 5.07. The molecule has 0 radical (unpaired) electrons. The maximum Gasteiger partial charge on any atom is 0.253 e. The number of fused-ring (bicyclic) bond motifs is 1. The second-order valence-corrected chi connectivity index (χ2v) is 3.89. The third-order valence-corrected chi connectivity index (χ3v) is 2.63. The van der Waals surface area contributed by atoms with Crippen LogP contribution in [0.15, 0.2) is 24.4 Å². The number of nitrogens with zero attached hydrogens (tertiary/aromatic N) is 1. The molecule has 3 rings (SSSR count). The van der Waals surface area contributed by atoms with Gasteiger partial charge in [-0.2, -0.15) is 5.10 Å². The van der Waals surface area contributed by atoms with Gasteiger partial charge in [0.15, 0.2) is 0 Å². The highest BCUT2D eigenvalue weighted by atomic mass is 16.1. The molecule has 1 fully saturated rings. The molecule has 1 amide bonds. The van der Waals surface area contributed by atoms with Crippen molar-refractivity contribution in [2.75, 3.05) is 0 Å². The zero-order valence-corrected chi connectivity index (χ0v) is 8.16. The van der Waals surface area contributed by atoms with Gasteiger partial charge in [-0.1, -0.05) is 12.1 Å². The molecule has 0 spiro atoms. The second-order valence-electron chi connectivity index (χ2n) is 3.89. The van der Waals surface area contributed by atoms with Crippen molar-refractivity contribution in [3.05, 3.63) is 30.0 Å². The van der Waals surface area contributed by atoms with Gasteiger partial charge in [-0.25, -0.2) is 0 Å². The Bertz CT molecular complexity index is 513. The van der Waals surface area contributed by atoms with E-state index in [1.165, 1.54) is 0 Å². The van der Waals surface area contributed by atoms with E-state index in [0.29, 0.717) is 11.6 Å². The first kappa shape index (κ1) is 8.47. The molecule has 1 aromatic heterocycles. The molecular weight excluding hydrogens is 190 g/mol. The molecule has 76 valence electrons. The molecule has 1 aliphatic carbocycles. The summed E-state index contributed by atoms with van der Waals surface area (Å²) in [6.07, 6.45) is 3.93. The van der Waals surface area contributed by atoms with Crippen LogP contribution in [0.4, 0.5) is 0 Å². The van der Waals surface area contributed by atoms with Crippen molar-refractivity contribution in [2.45, 2.75) is 18.9 Å². The van der Waals surface area contributed by atoms with Gasteiger partial charge in [-0.15, -0.1) is 0 Å². The van der Waals surface area contributed by atoms with Crippen LogP contribution in [0.3, 0.4) is 0 Å². The lowest BCUT2D eigenvalue weighted by molar-refractivity contribution is 0.0952. The number of nitrogens with one attached hydrogen (secondary N) is 2. The van der Waals surface area contributed by atoms with E-state index >= 15 is 0 Å². The Morgan fingerprint density at radius 2 is 2.33 bits per heavy atom. The van der Waals surface area contributed by atoms with Gasteiger partial charge in [0.1, 0.15) is 0 Å². The van der Waals surface area contributed by atoms with Crippen LogP contribution in [-0.4, -0.2) is 22.1 Å². The molecule has 4 nitrogen and oxygen atoms in total. The van der Waals surface area contributed by atoms with Gasteiger partial charge in [0.05, 0.1) is 17.3 Å². The van der Waals surface area contributed by atoms with Crippen molar-refractivity contribution in [2.24, 2.45) is 0 Å². The SMILES string of the molecule is O=C(NC1CC1)c1cccc2cn[nH]c12. The fourth-order valence-electron chi connectivity index (χ4n) is 1.65. The van der Waals surface area contributed by atoms with E-state index in [4.69, 9.17) is 0 Å². The summed E-state index contributed by atoms with van der Waals surface area (Å²) >= 11 is 0. The fraction of sp³-hybridized carbons (Fsp3) is 0.273. The lowest BCUT2D eigenvalue weighted by Gasteiger charge is -2.03. The van der Waals surface area contributed by atoms with E-state index in [2.05, 4.69) is 15.5 Å². The van der Waals surface area contributed by atoms with Crippen molar-refractivity contribution in [1.82, 2.24) is 15.5 Å². The summed E-state index contributed by atoms with van der Waals surface area (Å²) in [5.41, 5.74) is 1.49. The van der Waals surface area contributed by atoms with E-state index in [-0.39, 0.29) is 5.91 Å². The third-order valence-electron chi connectivity index (χ3n) is 2.63. The number of benzene rings is 1. The van der Waals surface area contributed by atoms with Gasteiger partial charge in [-0.3, -0.25) is 9.89 Å². The molecule has 1 aliphatic rings. The van der Waals surface area contributed by atoms with Crippen molar-refractivity contribution in [1.29, 1.82) is 0 Å². The molecule has 2 N–H and O–H groups in total. The highest BCUT2D eigenvalue weighted by molar-refractivity contribution is 6.05. The lowest BCUT2D eigenvalue weighted by Crippen LogP contribution is -2.25. The molecule has 1 aromatic carbocycles. The Labute approximate surface area is 86.7 Å². The minimum Gasteiger partial charge on any atom is -0.349 e. The van der Waals surface area contributed by atoms with Crippen molar-refractivity contribution in [3.63, 3.8) is 0 Å². The fourth-order valence-corrected chi connectivity index (χ4v) is 1.65. The minimum atomic E-state index is -0.00708. The van der Waals surface area contributed by atoms with Gasteiger partial charge in [-0.05, 0) is 18.9 Å². The summed E-state index contributed by atoms with van der Waals surface area (Å²) in [6.45, 7) is 0. The van der Waals surface area contributed by atoms with Crippen LogP contribution in [0.5, 0.6) is 0 Å². The zero-order valence-electron chi connectivity index (χ0n) is 8.16. The lowest BCUT2D eigenvalue weighted by atomic mass is 10.1. The summed E-state index contributed by atoms with van der Waals surface area (Å²) in [5.74, 6) is -0.00708. The molecule has 0 bridgehead atoms. The number of aromatic nitrogens is 2. The highest BCUT2D eigenvalue weighted by Crippen LogP contribution is 2.21. The van der Waals surface area contributed by atoms with Gasteiger partial charge >= 0.3 is 0 Å². The number of aromatic amines is 1. The average Bonchev–Trinajstić information content (AvgIpc) is 2.93. The van der Waals surface area contributed by atoms with E-state index in [1.807, 2.05) is 18.2 Å². The summed E-state index contributed by atoms with van der Waals surface area (Å²) in [4.78, 5) is 11.8. The molecule has 2 aromatic rings. The maximum absolute atomic E-state index is 11.8. The quantitative estimate of drug-likeness (QED) is 0.772. The van der Waals surface area contributed by atoms with E-state index in [9.17, 15) is 4.79 Å². The van der Waals surface area contributed by atoms with Crippen LogP contribution in [0.25, 0.3) is 10.9 Å². The average molecular weight is 201 g/mol. The second kappa shape index (κ2) is 3.08. The molecule has 0 unspecified atom stereocenters. The number of carbonyl (C=O) groups is 1. The third kappa shape index (κ3) is 1.48. The number of rotatable bonds is 2. The molecule has 1 saturated carbocycles. The first-order chi connectivity index (χ1) is 7.34. The highest BCUT2D eigenvalue weighted by Gasteiger charge is 2.24. The first-order valence-corrected chi connectivity index (χ1v) is 5.07. The van der Waals surface area contributed by atoms with Gasteiger partial charge in [0.25, 0.3) is 5.91 Å². The number of hydrogen-bond acceptors (Lipinski definition) is 2. The molecule has 0 atom stereocenters. The summed E-state index contributed by atoms with van der Waals surface area (Å²) in [5, 5.41) is 10.7. The Kier molecular flexibility index (Phi) is 1.74. The van der Waals surface area contributed by atoms with Gasteiger partial charge < -0.3 is 5.32 Å². The minimum absolute atomic E-state index is 0.00708. The molecule has 0 saturated heterocycles. The Morgan fingerprint density at radius 3 is 3.13 bits per heavy atom. The topological polar surface area (TPSA) is 57.8 Å². The number of carbonyl (C=O) groups excluding carboxylic acids is 1. The van der Waals surface area contributed by atoms with E-state index < -0.39 is 0 Å². The van der Waals surface area contributed by atoms with E-state index in [1.54, 1.807) is 6.20 Å². The standard InChI is InChI=1S/C11H11N3O/c15-11(13-8-4-5-8)9-3-1-2-7-6-12-14-10(7)9/h1-3,6,8H,4-5H2,(H,12,14)(H,13,15).